The van der Waals surface area contributed by atoms with Gasteiger partial charge in [-0.1, -0.05) is 47.8 Å². The lowest BCUT2D eigenvalue weighted by Crippen LogP contribution is -2.02. The molecule has 0 saturated heterocycles. The molecule has 8 heteroatoms. The molecular formula is C7Br7O. The van der Waals surface area contributed by atoms with Gasteiger partial charge in [0.1, 0.15) is 0 Å². The lowest BCUT2D eigenvalue weighted by molar-refractivity contribution is 0.348. The van der Waals surface area contributed by atoms with Crippen LogP contribution < -0.4 is 0 Å². The first kappa shape index (κ1) is 15.4. The van der Waals surface area contributed by atoms with Crippen molar-refractivity contribution in [1.82, 2.24) is 0 Å². The van der Waals surface area contributed by atoms with Gasteiger partial charge in [-0.2, -0.15) is 0 Å². The van der Waals surface area contributed by atoms with Crippen LogP contribution >= 0.6 is 112 Å². The monoisotopic (exact) mass is 652 g/mol. The molecule has 0 atom stereocenters. The first-order chi connectivity index (χ1) is 6.68. The topological polar surface area (TPSA) is 19.9 Å². The summed E-state index contributed by atoms with van der Waals surface area (Å²) in [5, 5.41) is 11.7. The highest BCUT2D eigenvalue weighted by molar-refractivity contribution is 9.38. The zero-order valence-corrected chi connectivity index (χ0v) is 17.7. The van der Waals surface area contributed by atoms with Crippen LogP contribution in [-0.4, -0.2) is 0 Å². The summed E-state index contributed by atoms with van der Waals surface area (Å²) in [5.74, 6) is -0.116. The Labute approximate surface area is 146 Å². The Morgan fingerprint density at radius 3 is 1.33 bits per heavy atom. The summed E-state index contributed by atoms with van der Waals surface area (Å²) in [5.41, 5.74) is 0.820. The van der Waals surface area contributed by atoms with Crippen molar-refractivity contribution >= 4 is 112 Å². The third-order valence-electron chi connectivity index (χ3n) is 1.51. The van der Waals surface area contributed by atoms with Gasteiger partial charge in [-0.3, -0.25) is 5.11 Å². The van der Waals surface area contributed by atoms with Gasteiger partial charge in [-0.15, -0.1) is 0 Å². The van der Waals surface area contributed by atoms with Gasteiger partial charge in [-0.05, 0) is 63.7 Å². The summed E-state index contributed by atoms with van der Waals surface area (Å²) in [6.07, 6.45) is 0. The van der Waals surface area contributed by atoms with Crippen LogP contribution in [0, 0.1) is 0 Å². The maximum absolute atomic E-state index is 11.7. The quantitative estimate of drug-likeness (QED) is 0.208. The summed E-state index contributed by atoms with van der Waals surface area (Å²) >= 11 is 23.4. The van der Waals surface area contributed by atoms with Gasteiger partial charge in [0.05, 0.1) is 8.95 Å². The van der Waals surface area contributed by atoms with Crippen LogP contribution in [0.2, 0.25) is 0 Å². The van der Waals surface area contributed by atoms with Crippen LogP contribution in [0.3, 0.4) is 0 Å². The summed E-state index contributed by atoms with van der Waals surface area (Å²) < 4.78 is 1.68. The highest BCUT2D eigenvalue weighted by Crippen LogP contribution is 2.56. The zero-order valence-electron chi connectivity index (χ0n) is 6.55. The Bertz CT molecular complexity index is 380. The second-order valence-electron chi connectivity index (χ2n) is 2.46. The van der Waals surface area contributed by atoms with Crippen LogP contribution in [0.25, 0.3) is 0 Å². The fourth-order valence-electron chi connectivity index (χ4n) is 0.860. The minimum atomic E-state index is -0.608. The number of halogens is 7. The van der Waals surface area contributed by atoms with Crippen LogP contribution in [0.4, 0.5) is 0 Å². The van der Waals surface area contributed by atoms with E-state index in [0.29, 0.717) is 17.9 Å². The van der Waals surface area contributed by atoms with E-state index in [-0.39, 0.29) is 5.75 Å². The minimum absolute atomic E-state index is 0.116. The van der Waals surface area contributed by atoms with Crippen molar-refractivity contribution in [3.05, 3.63) is 23.5 Å². The number of hydrogen-bond donors (Lipinski definition) is 0. The van der Waals surface area contributed by atoms with Crippen LogP contribution in [0.15, 0.2) is 17.9 Å². The average molecular weight is 659 g/mol. The molecule has 0 fully saturated rings. The van der Waals surface area contributed by atoms with Crippen molar-refractivity contribution in [3.8, 4) is 5.75 Å². The molecule has 0 heterocycles. The maximum atomic E-state index is 11.7. The third kappa shape index (κ3) is 3.23. The number of rotatable bonds is 0. The molecule has 0 N–H and O–H groups in total. The molecule has 1 radical (unpaired) electrons. The van der Waals surface area contributed by atoms with E-state index < -0.39 is 2.14 Å². The SMILES string of the molecule is [O]c1c(Br)c(Br)c(C(Br)(Br)Br)c(Br)c1Br. The third-order valence-corrected chi connectivity index (χ3v) is 6.86. The van der Waals surface area contributed by atoms with E-state index in [2.05, 4.69) is 112 Å². The maximum Gasteiger partial charge on any atom is 0.209 e. The molecule has 0 aliphatic rings. The van der Waals surface area contributed by atoms with Crippen LogP contribution in [-0.2, 0) is 7.25 Å². The molecule has 0 spiro atoms. The van der Waals surface area contributed by atoms with Crippen molar-refractivity contribution in [2.24, 2.45) is 0 Å². The molecule has 83 valence electrons. The molecule has 0 bridgehead atoms. The Morgan fingerprint density at radius 2 is 1.07 bits per heavy atom. The lowest BCUT2D eigenvalue weighted by Gasteiger charge is -2.19. The molecule has 0 aromatic heterocycles. The van der Waals surface area contributed by atoms with Crippen molar-refractivity contribution < 1.29 is 5.11 Å². The smallest absolute Gasteiger partial charge is 0.209 e. The zero-order chi connectivity index (χ0) is 12.0. The molecule has 15 heavy (non-hydrogen) atoms. The molecule has 1 aromatic rings. The average Bonchev–Trinajstić information content (AvgIpc) is 2.09. The minimum Gasteiger partial charge on any atom is -0.287 e. The Balaban J connectivity index is 3.68. The second-order valence-corrected chi connectivity index (χ2v) is 12.4. The summed E-state index contributed by atoms with van der Waals surface area (Å²) in [6, 6.07) is 0. The molecule has 1 rings (SSSR count). The van der Waals surface area contributed by atoms with E-state index in [1.807, 2.05) is 0 Å². The Kier molecular flexibility index (Phi) is 5.73. The van der Waals surface area contributed by atoms with Gasteiger partial charge in [0.15, 0.2) is 2.14 Å². The molecule has 1 aromatic carbocycles. The highest BCUT2D eigenvalue weighted by atomic mass is 80.0. The predicted molar refractivity (Wildman–Crippen MR) is 85.8 cm³/mol. The van der Waals surface area contributed by atoms with Crippen molar-refractivity contribution in [1.29, 1.82) is 0 Å². The largest absolute Gasteiger partial charge is 0.287 e. The highest BCUT2D eigenvalue weighted by Gasteiger charge is 2.31. The number of hydrogen-bond acceptors (Lipinski definition) is 0. The van der Waals surface area contributed by atoms with E-state index in [1.165, 1.54) is 0 Å². The normalized spacial score (nSPS) is 11.9. The fourth-order valence-corrected chi connectivity index (χ4v) is 6.32. The Hall–Kier alpha value is 2.38. The lowest BCUT2D eigenvalue weighted by atomic mass is 10.2. The Morgan fingerprint density at radius 1 is 0.733 bits per heavy atom. The van der Waals surface area contributed by atoms with E-state index in [9.17, 15) is 5.11 Å². The molecule has 0 saturated carbocycles. The van der Waals surface area contributed by atoms with E-state index in [0.717, 1.165) is 5.56 Å². The van der Waals surface area contributed by atoms with Crippen LogP contribution in [0.1, 0.15) is 5.56 Å². The van der Waals surface area contributed by atoms with Crippen molar-refractivity contribution in [2.45, 2.75) is 2.14 Å². The van der Waals surface area contributed by atoms with Gasteiger partial charge in [0.25, 0.3) is 0 Å². The van der Waals surface area contributed by atoms with Gasteiger partial charge >= 0.3 is 0 Å². The molecule has 1 nitrogen and oxygen atoms in total. The number of alkyl halides is 3. The second kappa shape index (κ2) is 5.57. The summed E-state index contributed by atoms with van der Waals surface area (Å²) in [7, 11) is 0. The van der Waals surface area contributed by atoms with Gasteiger partial charge in [0, 0.05) is 14.5 Å². The van der Waals surface area contributed by atoms with Gasteiger partial charge < -0.3 is 0 Å². The molecule has 0 aliphatic carbocycles. The first-order valence-electron chi connectivity index (χ1n) is 3.28. The van der Waals surface area contributed by atoms with Crippen molar-refractivity contribution in [3.63, 3.8) is 0 Å². The number of benzene rings is 1. The molecule has 0 amide bonds. The van der Waals surface area contributed by atoms with E-state index in [4.69, 9.17) is 0 Å². The van der Waals surface area contributed by atoms with E-state index in [1.54, 1.807) is 0 Å². The first-order valence-corrected chi connectivity index (χ1v) is 8.83. The molecule has 0 aliphatic heterocycles. The summed E-state index contributed by atoms with van der Waals surface area (Å²) in [6.45, 7) is 0. The molecule has 0 unspecified atom stereocenters. The standard InChI is InChI=1S/C7Br7O/c8-2-1(7(12,13)14)3(9)5(11)6(15)4(2)10. The van der Waals surface area contributed by atoms with Crippen molar-refractivity contribution in [2.75, 3.05) is 0 Å². The van der Waals surface area contributed by atoms with Gasteiger partial charge in [-0.25, -0.2) is 0 Å². The molecular weight excluding hydrogens is 659 g/mol. The van der Waals surface area contributed by atoms with E-state index >= 15 is 0 Å². The van der Waals surface area contributed by atoms with Crippen LogP contribution in [0.5, 0.6) is 5.75 Å². The summed E-state index contributed by atoms with van der Waals surface area (Å²) in [4.78, 5) is 0. The van der Waals surface area contributed by atoms with Gasteiger partial charge in [0.2, 0.25) is 5.75 Å². The predicted octanol–water partition coefficient (Wildman–Crippen LogP) is 7.18. The fraction of sp³-hybridized carbons (Fsp3) is 0.143.